The van der Waals surface area contributed by atoms with E-state index in [-0.39, 0.29) is 18.2 Å². The van der Waals surface area contributed by atoms with E-state index in [1.807, 2.05) is 43.3 Å². The molecule has 0 spiro atoms. The fourth-order valence-corrected chi connectivity index (χ4v) is 3.11. The van der Waals surface area contributed by atoms with E-state index in [2.05, 4.69) is 5.32 Å². The Morgan fingerprint density at radius 3 is 2.71 bits per heavy atom. The first kappa shape index (κ1) is 16.5. The van der Waals surface area contributed by atoms with Crippen LogP contribution in [0.25, 0.3) is 0 Å². The number of hydrogen-bond acceptors (Lipinski definition) is 2. The lowest BCUT2D eigenvalue weighted by atomic mass is 9.99. The van der Waals surface area contributed by atoms with Gasteiger partial charge in [-0.05, 0) is 30.2 Å². The minimum atomic E-state index is -0.571. The predicted octanol–water partition coefficient (Wildman–Crippen LogP) is 2.89. The van der Waals surface area contributed by atoms with Crippen LogP contribution in [0.1, 0.15) is 22.7 Å². The zero-order valence-corrected chi connectivity index (χ0v) is 14.2. The number of piperazine rings is 1. The maximum absolute atomic E-state index is 12.8. The summed E-state index contributed by atoms with van der Waals surface area (Å²) in [6.07, 6.45) is 0.257. The van der Waals surface area contributed by atoms with Crippen LogP contribution in [0.3, 0.4) is 0 Å². The molecule has 1 aliphatic rings. The smallest absolute Gasteiger partial charge is 0.247 e. The molecule has 2 aromatic carbocycles. The number of amides is 2. The van der Waals surface area contributed by atoms with Gasteiger partial charge in [-0.1, -0.05) is 53.6 Å². The largest absolute Gasteiger partial charge is 0.352 e. The molecule has 2 aromatic rings. The van der Waals surface area contributed by atoms with E-state index >= 15 is 0 Å². The Morgan fingerprint density at radius 2 is 2.00 bits per heavy atom. The van der Waals surface area contributed by atoms with Gasteiger partial charge in [-0.15, -0.1) is 0 Å². The molecule has 0 aromatic heterocycles. The second kappa shape index (κ2) is 7.05. The van der Waals surface area contributed by atoms with Gasteiger partial charge >= 0.3 is 0 Å². The lowest BCUT2D eigenvalue weighted by molar-refractivity contribution is -0.143. The lowest BCUT2D eigenvalue weighted by Crippen LogP contribution is -2.52. The minimum absolute atomic E-state index is 0.0568. The number of rotatable bonds is 3. The maximum atomic E-state index is 12.8. The Balaban J connectivity index is 1.84. The summed E-state index contributed by atoms with van der Waals surface area (Å²) in [7, 11) is 0. The number of nitrogens with zero attached hydrogens (tertiary/aromatic N) is 1. The summed E-state index contributed by atoms with van der Waals surface area (Å²) in [6.45, 7) is 2.97. The second-order valence-corrected chi connectivity index (χ2v) is 6.43. The third-order valence-electron chi connectivity index (χ3n) is 4.16. The Bertz CT molecular complexity index is 758. The molecule has 1 fully saturated rings. The van der Waals surface area contributed by atoms with Gasteiger partial charge in [0.1, 0.15) is 6.04 Å². The number of halogens is 1. The average molecular weight is 343 g/mol. The van der Waals surface area contributed by atoms with Crippen molar-refractivity contribution >= 4 is 23.4 Å². The van der Waals surface area contributed by atoms with E-state index in [0.717, 1.165) is 16.7 Å². The number of benzene rings is 2. The van der Waals surface area contributed by atoms with Crippen LogP contribution in [0.15, 0.2) is 48.5 Å². The van der Waals surface area contributed by atoms with Crippen molar-refractivity contribution < 1.29 is 9.59 Å². The highest BCUT2D eigenvalue weighted by atomic mass is 35.5. The fourth-order valence-electron chi connectivity index (χ4n) is 2.99. The quantitative estimate of drug-likeness (QED) is 0.932. The molecule has 124 valence electrons. The van der Waals surface area contributed by atoms with Crippen molar-refractivity contribution in [3.63, 3.8) is 0 Å². The molecule has 1 saturated heterocycles. The van der Waals surface area contributed by atoms with Crippen LogP contribution in [0.4, 0.5) is 0 Å². The first-order valence-electron chi connectivity index (χ1n) is 7.93. The Morgan fingerprint density at radius 1 is 1.25 bits per heavy atom. The summed E-state index contributed by atoms with van der Waals surface area (Å²) in [5.74, 6) is -0.185. The zero-order valence-electron chi connectivity index (χ0n) is 13.5. The third kappa shape index (κ3) is 3.60. The molecule has 0 saturated carbocycles. The van der Waals surface area contributed by atoms with Crippen LogP contribution in [0.2, 0.25) is 5.02 Å². The minimum Gasteiger partial charge on any atom is -0.352 e. The highest BCUT2D eigenvalue weighted by Crippen LogP contribution is 2.25. The van der Waals surface area contributed by atoms with E-state index in [4.69, 9.17) is 11.6 Å². The molecule has 0 bridgehead atoms. The molecule has 1 N–H and O–H groups in total. The summed E-state index contributed by atoms with van der Waals surface area (Å²) in [4.78, 5) is 26.8. The van der Waals surface area contributed by atoms with E-state index in [9.17, 15) is 9.59 Å². The third-order valence-corrected chi connectivity index (χ3v) is 4.41. The molecule has 0 aliphatic carbocycles. The first-order chi connectivity index (χ1) is 11.5. The molecule has 4 nitrogen and oxygen atoms in total. The van der Waals surface area contributed by atoms with Crippen LogP contribution in [0.5, 0.6) is 0 Å². The lowest BCUT2D eigenvalue weighted by Gasteiger charge is -2.35. The SMILES string of the molecule is Cc1cccc(C2C(=O)NCCN2C(=O)Cc2ccc(Cl)cc2)c1. The van der Waals surface area contributed by atoms with Crippen LogP contribution >= 0.6 is 11.6 Å². The van der Waals surface area contributed by atoms with Crippen molar-refractivity contribution in [1.82, 2.24) is 10.2 Å². The van der Waals surface area contributed by atoms with Gasteiger partial charge in [0.15, 0.2) is 0 Å². The molecule has 3 rings (SSSR count). The average Bonchev–Trinajstić information content (AvgIpc) is 2.56. The molecule has 1 atom stereocenters. The van der Waals surface area contributed by atoms with Gasteiger partial charge in [-0.2, -0.15) is 0 Å². The molecule has 1 heterocycles. The fraction of sp³-hybridized carbons (Fsp3) is 0.263. The maximum Gasteiger partial charge on any atom is 0.247 e. The van der Waals surface area contributed by atoms with Crippen molar-refractivity contribution in [1.29, 1.82) is 0 Å². The van der Waals surface area contributed by atoms with Gasteiger partial charge in [-0.3, -0.25) is 9.59 Å². The Labute approximate surface area is 146 Å². The van der Waals surface area contributed by atoms with Gasteiger partial charge in [0.05, 0.1) is 6.42 Å². The standard InChI is InChI=1S/C19H19ClN2O2/c1-13-3-2-4-15(11-13)18-19(24)21-9-10-22(18)17(23)12-14-5-7-16(20)8-6-14/h2-8,11,18H,9-10,12H2,1H3,(H,21,24). The number of nitrogens with one attached hydrogen (secondary N) is 1. The summed E-state index contributed by atoms with van der Waals surface area (Å²) in [5, 5.41) is 3.50. The normalized spacial score (nSPS) is 17.5. The number of aryl methyl sites for hydroxylation is 1. The zero-order chi connectivity index (χ0) is 17.1. The molecule has 24 heavy (non-hydrogen) atoms. The van der Waals surface area contributed by atoms with E-state index in [0.29, 0.717) is 18.1 Å². The van der Waals surface area contributed by atoms with Crippen LogP contribution in [-0.4, -0.2) is 29.8 Å². The van der Waals surface area contributed by atoms with Crippen LogP contribution < -0.4 is 5.32 Å². The van der Waals surface area contributed by atoms with Crippen molar-refractivity contribution in [2.75, 3.05) is 13.1 Å². The van der Waals surface area contributed by atoms with Crippen molar-refractivity contribution in [3.05, 3.63) is 70.2 Å². The molecular weight excluding hydrogens is 324 g/mol. The molecule has 1 unspecified atom stereocenters. The molecule has 1 aliphatic heterocycles. The molecule has 2 amide bonds. The highest BCUT2D eigenvalue weighted by Gasteiger charge is 2.34. The van der Waals surface area contributed by atoms with Gasteiger partial charge in [0.25, 0.3) is 0 Å². The second-order valence-electron chi connectivity index (χ2n) is 6.00. The Hall–Kier alpha value is -2.33. The van der Waals surface area contributed by atoms with Crippen molar-refractivity contribution in [2.24, 2.45) is 0 Å². The van der Waals surface area contributed by atoms with E-state index in [1.165, 1.54) is 0 Å². The van der Waals surface area contributed by atoms with Gasteiger partial charge in [0, 0.05) is 18.1 Å². The molecule has 0 radical (unpaired) electrons. The number of hydrogen-bond donors (Lipinski definition) is 1. The topological polar surface area (TPSA) is 49.4 Å². The van der Waals surface area contributed by atoms with E-state index < -0.39 is 6.04 Å². The van der Waals surface area contributed by atoms with E-state index in [1.54, 1.807) is 17.0 Å². The van der Waals surface area contributed by atoms with Crippen molar-refractivity contribution in [2.45, 2.75) is 19.4 Å². The van der Waals surface area contributed by atoms with Gasteiger partial charge in [-0.25, -0.2) is 0 Å². The van der Waals surface area contributed by atoms with Crippen molar-refractivity contribution in [3.8, 4) is 0 Å². The number of carbonyl (C=O) groups excluding carboxylic acids is 2. The van der Waals surface area contributed by atoms with Crippen LogP contribution in [0, 0.1) is 6.92 Å². The summed E-state index contributed by atoms with van der Waals surface area (Å²) in [6, 6.07) is 14.4. The number of carbonyl (C=O) groups is 2. The van der Waals surface area contributed by atoms with Gasteiger partial charge in [0.2, 0.25) is 11.8 Å². The molecular formula is C19H19ClN2O2. The van der Waals surface area contributed by atoms with Gasteiger partial charge < -0.3 is 10.2 Å². The monoisotopic (exact) mass is 342 g/mol. The van der Waals surface area contributed by atoms with Crippen LogP contribution in [-0.2, 0) is 16.0 Å². The summed E-state index contributed by atoms with van der Waals surface area (Å²) >= 11 is 5.89. The highest BCUT2D eigenvalue weighted by molar-refractivity contribution is 6.30. The predicted molar refractivity (Wildman–Crippen MR) is 93.8 cm³/mol. The first-order valence-corrected chi connectivity index (χ1v) is 8.30. The summed E-state index contributed by atoms with van der Waals surface area (Å²) < 4.78 is 0. The Kier molecular flexibility index (Phi) is 4.86. The summed E-state index contributed by atoms with van der Waals surface area (Å²) in [5.41, 5.74) is 2.80. The molecule has 5 heteroatoms.